The van der Waals surface area contributed by atoms with Crippen LogP contribution < -0.4 is 9.47 Å². The van der Waals surface area contributed by atoms with Crippen molar-refractivity contribution in [1.29, 1.82) is 0 Å². The minimum absolute atomic E-state index is 0.0304. The highest BCUT2D eigenvalue weighted by molar-refractivity contribution is 5.79. The average Bonchev–Trinajstić information content (AvgIpc) is 3.32. The highest BCUT2D eigenvalue weighted by Crippen LogP contribution is 2.33. The summed E-state index contributed by atoms with van der Waals surface area (Å²) >= 11 is 0. The molecule has 0 radical (unpaired) electrons. The van der Waals surface area contributed by atoms with Crippen LogP contribution in [0.2, 0.25) is 0 Å². The van der Waals surface area contributed by atoms with Gasteiger partial charge in [-0.25, -0.2) is 0 Å². The van der Waals surface area contributed by atoms with E-state index in [1.807, 2.05) is 18.2 Å². The average molecular weight is 331 g/mol. The Labute approximate surface area is 142 Å². The van der Waals surface area contributed by atoms with Crippen LogP contribution in [0.1, 0.15) is 37.7 Å². The van der Waals surface area contributed by atoms with E-state index in [0.717, 1.165) is 36.3 Å². The quantitative estimate of drug-likeness (QED) is 0.851. The fraction of sp³-hybridized carbons (Fsp3) is 0.632. The Balaban J connectivity index is 1.53. The zero-order valence-electron chi connectivity index (χ0n) is 14.0. The van der Waals surface area contributed by atoms with Gasteiger partial charge in [-0.2, -0.15) is 0 Å². The zero-order valence-corrected chi connectivity index (χ0v) is 14.0. The molecular weight excluding hydrogens is 306 g/mol. The number of hydrogen-bond donors (Lipinski definition) is 0. The second-order valence-corrected chi connectivity index (χ2v) is 6.94. The Hall–Kier alpha value is -1.75. The third-order valence-corrected chi connectivity index (χ3v) is 5.29. The van der Waals surface area contributed by atoms with E-state index >= 15 is 0 Å². The summed E-state index contributed by atoms with van der Waals surface area (Å²) < 4.78 is 16.7. The summed E-state index contributed by atoms with van der Waals surface area (Å²) in [5.41, 5.74) is 1.11. The minimum atomic E-state index is 0.0304. The van der Waals surface area contributed by atoms with E-state index in [9.17, 15) is 4.79 Å². The highest BCUT2D eigenvalue weighted by Gasteiger charge is 2.33. The molecule has 0 unspecified atom stereocenters. The molecule has 1 atom stereocenters. The van der Waals surface area contributed by atoms with Crippen molar-refractivity contribution in [3.05, 3.63) is 23.8 Å². The van der Waals surface area contributed by atoms with Gasteiger partial charge in [0.15, 0.2) is 11.5 Å². The van der Waals surface area contributed by atoms with Gasteiger partial charge in [0.2, 0.25) is 5.91 Å². The Morgan fingerprint density at radius 2 is 1.83 bits per heavy atom. The molecule has 3 aliphatic rings. The molecule has 4 rings (SSSR count). The summed E-state index contributed by atoms with van der Waals surface area (Å²) in [5.74, 6) is 1.88. The number of carbonyl (C=O) groups excluding carboxylic acids is 1. The molecule has 0 N–H and O–H groups in total. The smallest absolute Gasteiger partial charge is 0.228 e. The van der Waals surface area contributed by atoms with Crippen molar-refractivity contribution in [3.8, 4) is 11.5 Å². The van der Waals surface area contributed by atoms with Crippen LogP contribution >= 0.6 is 0 Å². The van der Waals surface area contributed by atoms with Crippen molar-refractivity contribution in [1.82, 2.24) is 4.90 Å². The first kappa shape index (κ1) is 15.8. The first-order valence-electron chi connectivity index (χ1n) is 9.08. The lowest BCUT2D eigenvalue weighted by Crippen LogP contribution is -2.42. The van der Waals surface area contributed by atoms with Crippen molar-refractivity contribution in [2.45, 2.75) is 44.7 Å². The van der Waals surface area contributed by atoms with E-state index in [1.165, 1.54) is 12.8 Å². The van der Waals surface area contributed by atoms with Crippen molar-refractivity contribution in [3.63, 3.8) is 0 Å². The molecule has 1 amide bonds. The van der Waals surface area contributed by atoms with Crippen LogP contribution in [0.5, 0.6) is 11.5 Å². The zero-order chi connectivity index (χ0) is 16.4. The number of rotatable bonds is 4. The van der Waals surface area contributed by atoms with Gasteiger partial charge in [-0.15, -0.1) is 0 Å². The predicted molar refractivity (Wildman–Crippen MR) is 89.2 cm³/mol. The summed E-state index contributed by atoms with van der Waals surface area (Å²) in [6.45, 7) is 3.11. The van der Waals surface area contributed by atoms with Gasteiger partial charge >= 0.3 is 0 Å². The fourth-order valence-corrected chi connectivity index (χ4v) is 3.95. The Kier molecular flexibility index (Phi) is 4.60. The number of hydrogen-bond acceptors (Lipinski definition) is 4. The number of ether oxygens (including phenoxy) is 3. The molecule has 5 heteroatoms. The van der Waals surface area contributed by atoms with E-state index in [-0.39, 0.29) is 11.8 Å². The summed E-state index contributed by atoms with van der Waals surface area (Å²) in [6, 6.07) is 6.40. The van der Waals surface area contributed by atoms with E-state index in [2.05, 4.69) is 4.90 Å². The third-order valence-electron chi connectivity index (χ3n) is 5.29. The maximum Gasteiger partial charge on any atom is 0.228 e. The Morgan fingerprint density at radius 3 is 2.58 bits per heavy atom. The van der Waals surface area contributed by atoms with Gasteiger partial charge in [0, 0.05) is 19.2 Å². The monoisotopic (exact) mass is 331 g/mol. The largest absolute Gasteiger partial charge is 0.486 e. The summed E-state index contributed by atoms with van der Waals surface area (Å²) in [4.78, 5) is 15.1. The van der Waals surface area contributed by atoms with Crippen LogP contribution in [0, 0.1) is 5.92 Å². The molecule has 0 spiro atoms. The first-order chi connectivity index (χ1) is 11.8. The van der Waals surface area contributed by atoms with Crippen molar-refractivity contribution in [2.75, 3.05) is 26.4 Å². The lowest BCUT2D eigenvalue weighted by atomic mass is 10.0. The van der Waals surface area contributed by atoms with Gasteiger partial charge in [-0.1, -0.05) is 18.9 Å². The first-order valence-corrected chi connectivity index (χ1v) is 9.08. The molecular formula is C19H25NO4. The molecule has 1 aromatic carbocycles. The number of fused-ring (bicyclic) bond motifs is 1. The summed E-state index contributed by atoms with van der Waals surface area (Å²) in [5, 5.41) is 0. The van der Waals surface area contributed by atoms with Crippen LogP contribution in [0.3, 0.4) is 0 Å². The lowest BCUT2D eigenvalue weighted by molar-refractivity contribution is -0.138. The number of nitrogens with zero attached hydrogens (tertiary/aromatic N) is 1. The summed E-state index contributed by atoms with van der Waals surface area (Å²) in [7, 11) is 0. The SMILES string of the molecule is O=C([C@H]1CCOC1)N(Cc1ccc2c(c1)OCCO2)C1CCCC1. The molecule has 1 saturated carbocycles. The molecule has 1 aliphatic carbocycles. The molecule has 1 saturated heterocycles. The van der Waals surface area contributed by atoms with Gasteiger partial charge in [0.1, 0.15) is 13.2 Å². The number of benzene rings is 1. The van der Waals surface area contributed by atoms with Crippen LogP contribution in [0.15, 0.2) is 18.2 Å². The van der Waals surface area contributed by atoms with Gasteiger partial charge in [0.05, 0.1) is 12.5 Å². The predicted octanol–water partition coefficient (Wildman–Crippen LogP) is 2.77. The lowest BCUT2D eigenvalue weighted by Gasteiger charge is -2.31. The molecule has 1 aromatic rings. The van der Waals surface area contributed by atoms with Crippen LogP contribution in [0.25, 0.3) is 0 Å². The Bertz CT molecular complexity index is 591. The molecule has 130 valence electrons. The number of carbonyl (C=O) groups is 1. The van der Waals surface area contributed by atoms with E-state index < -0.39 is 0 Å². The van der Waals surface area contributed by atoms with Gasteiger partial charge in [0.25, 0.3) is 0 Å². The van der Waals surface area contributed by atoms with Crippen LogP contribution in [0.4, 0.5) is 0 Å². The molecule has 0 bridgehead atoms. The topological polar surface area (TPSA) is 48.0 Å². The van der Waals surface area contributed by atoms with Crippen LogP contribution in [-0.4, -0.2) is 43.3 Å². The summed E-state index contributed by atoms with van der Waals surface area (Å²) in [6.07, 6.45) is 5.52. The maximum atomic E-state index is 13.0. The maximum absolute atomic E-state index is 13.0. The van der Waals surface area contributed by atoms with E-state index in [1.54, 1.807) is 0 Å². The van der Waals surface area contributed by atoms with Gasteiger partial charge in [-0.3, -0.25) is 4.79 Å². The molecule has 2 aliphatic heterocycles. The Morgan fingerprint density at radius 1 is 1.04 bits per heavy atom. The molecule has 2 fully saturated rings. The van der Waals surface area contributed by atoms with Crippen molar-refractivity contribution in [2.24, 2.45) is 5.92 Å². The van der Waals surface area contributed by atoms with E-state index in [4.69, 9.17) is 14.2 Å². The normalized spacial score (nSPS) is 23.4. The molecule has 0 aromatic heterocycles. The fourth-order valence-electron chi connectivity index (χ4n) is 3.95. The van der Waals surface area contributed by atoms with Gasteiger partial charge in [-0.05, 0) is 37.0 Å². The standard InChI is InChI=1S/C19H25NO4/c21-19(15-7-8-22-13-15)20(16-3-1-2-4-16)12-14-5-6-17-18(11-14)24-10-9-23-17/h5-6,11,15-16H,1-4,7-10,12-13H2/t15-/m0/s1. The molecule has 2 heterocycles. The third kappa shape index (κ3) is 3.22. The van der Waals surface area contributed by atoms with E-state index in [0.29, 0.717) is 39.0 Å². The number of amides is 1. The minimum Gasteiger partial charge on any atom is -0.486 e. The second-order valence-electron chi connectivity index (χ2n) is 6.94. The molecule has 24 heavy (non-hydrogen) atoms. The van der Waals surface area contributed by atoms with Gasteiger partial charge < -0.3 is 19.1 Å². The van der Waals surface area contributed by atoms with Crippen LogP contribution in [-0.2, 0) is 16.1 Å². The second kappa shape index (κ2) is 7.01. The van der Waals surface area contributed by atoms with Crippen molar-refractivity contribution < 1.29 is 19.0 Å². The highest BCUT2D eigenvalue weighted by atomic mass is 16.6. The molecule has 5 nitrogen and oxygen atoms in total. The van der Waals surface area contributed by atoms with Crippen molar-refractivity contribution >= 4 is 5.91 Å².